The van der Waals surface area contributed by atoms with E-state index in [0.29, 0.717) is 38.2 Å². The van der Waals surface area contributed by atoms with Crippen molar-refractivity contribution in [1.29, 1.82) is 0 Å². The number of benzene rings is 1. The number of aliphatic hydroxyl groups is 1. The van der Waals surface area contributed by atoms with E-state index in [9.17, 15) is 13.5 Å². The number of ether oxygens (including phenoxy) is 1. The van der Waals surface area contributed by atoms with Gasteiger partial charge in [-0.25, -0.2) is 12.7 Å². The lowest BCUT2D eigenvalue weighted by atomic mass is 9.76. The third-order valence-corrected chi connectivity index (χ3v) is 7.07. The van der Waals surface area contributed by atoms with Gasteiger partial charge in [-0.3, -0.25) is 0 Å². The van der Waals surface area contributed by atoms with Gasteiger partial charge >= 0.3 is 0 Å². The van der Waals surface area contributed by atoms with Gasteiger partial charge in [-0.1, -0.05) is 25.5 Å². The summed E-state index contributed by atoms with van der Waals surface area (Å²) in [5.74, 6) is 0.655. The lowest BCUT2D eigenvalue weighted by molar-refractivity contribution is -0.0698. The van der Waals surface area contributed by atoms with Crippen LogP contribution in [-0.2, 0) is 15.6 Å². The van der Waals surface area contributed by atoms with Crippen molar-refractivity contribution in [1.82, 2.24) is 9.21 Å². The molecule has 27 heavy (non-hydrogen) atoms. The number of methoxy groups -OCH3 is 1. The molecule has 2 unspecified atom stereocenters. The molecule has 2 atom stereocenters. The fourth-order valence-corrected chi connectivity index (χ4v) is 5.31. The van der Waals surface area contributed by atoms with Crippen molar-refractivity contribution in [2.45, 2.75) is 31.8 Å². The molecule has 1 fully saturated rings. The number of piperidine rings is 1. The van der Waals surface area contributed by atoms with Crippen molar-refractivity contribution < 1.29 is 18.3 Å². The van der Waals surface area contributed by atoms with Crippen molar-refractivity contribution in [3.05, 3.63) is 29.8 Å². The molecule has 0 saturated carbocycles. The minimum atomic E-state index is -3.28. The van der Waals surface area contributed by atoms with E-state index in [1.54, 1.807) is 11.4 Å². The van der Waals surface area contributed by atoms with Crippen molar-refractivity contribution in [3.8, 4) is 5.75 Å². The van der Waals surface area contributed by atoms with Crippen LogP contribution >= 0.6 is 12.4 Å². The van der Waals surface area contributed by atoms with Gasteiger partial charge in [0, 0.05) is 25.6 Å². The molecule has 0 aliphatic carbocycles. The molecule has 0 aromatic heterocycles. The maximum Gasteiger partial charge on any atom is 0.214 e. The molecule has 1 saturated heterocycles. The Kier molecular flexibility index (Phi) is 9.02. The number of rotatable bonds is 8. The molecule has 1 aromatic carbocycles. The molecule has 6 nitrogen and oxygen atoms in total. The van der Waals surface area contributed by atoms with Crippen molar-refractivity contribution in [3.63, 3.8) is 0 Å². The summed E-state index contributed by atoms with van der Waals surface area (Å²) >= 11 is 0. The molecule has 1 aliphatic heterocycles. The van der Waals surface area contributed by atoms with Gasteiger partial charge in [-0.05, 0) is 44.6 Å². The lowest BCUT2D eigenvalue weighted by Gasteiger charge is -2.45. The lowest BCUT2D eigenvalue weighted by Crippen LogP contribution is -2.54. The van der Waals surface area contributed by atoms with Crippen LogP contribution in [0, 0.1) is 5.92 Å². The average molecular weight is 421 g/mol. The van der Waals surface area contributed by atoms with E-state index >= 15 is 0 Å². The van der Waals surface area contributed by atoms with Crippen LogP contribution < -0.4 is 4.74 Å². The summed E-state index contributed by atoms with van der Waals surface area (Å²) in [4.78, 5) is 2.00. The SMILES string of the molecule is CCCCS(=O)(=O)N1CCC(O)(c2cccc(OC)c2)C(CN(C)C)C1.Cl. The Morgan fingerprint density at radius 1 is 1.37 bits per heavy atom. The minimum Gasteiger partial charge on any atom is -0.497 e. The highest BCUT2D eigenvalue weighted by Crippen LogP contribution is 2.39. The Labute approximate surface area is 170 Å². The number of halogens is 1. The number of hydrogen-bond acceptors (Lipinski definition) is 5. The molecule has 0 bridgehead atoms. The fraction of sp³-hybridized carbons (Fsp3) is 0.684. The van der Waals surface area contributed by atoms with Gasteiger partial charge in [0.05, 0.1) is 18.5 Å². The summed E-state index contributed by atoms with van der Waals surface area (Å²) < 4.78 is 32.1. The van der Waals surface area contributed by atoms with Crippen molar-refractivity contribution in [2.75, 3.05) is 46.6 Å². The molecular formula is C19H33ClN2O4S. The van der Waals surface area contributed by atoms with E-state index in [2.05, 4.69) is 0 Å². The van der Waals surface area contributed by atoms with Gasteiger partial charge in [-0.2, -0.15) is 0 Å². The Bertz CT molecular complexity index is 699. The molecule has 1 aromatic rings. The van der Waals surface area contributed by atoms with Crippen LogP contribution in [0.3, 0.4) is 0 Å². The molecule has 0 spiro atoms. The molecule has 8 heteroatoms. The van der Waals surface area contributed by atoms with E-state index in [-0.39, 0.29) is 24.1 Å². The normalized spacial score (nSPS) is 23.9. The van der Waals surface area contributed by atoms with Crippen LogP contribution in [0.5, 0.6) is 5.75 Å². The van der Waals surface area contributed by atoms with E-state index in [0.717, 1.165) is 12.0 Å². The van der Waals surface area contributed by atoms with Crippen LogP contribution in [0.2, 0.25) is 0 Å². The predicted octanol–water partition coefficient (Wildman–Crippen LogP) is 2.32. The largest absolute Gasteiger partial charge is 0.497 e. The van der Waals surface area contributed by atoms with E-state index < -0.39 is 15.6 Å². The molecule has 156 valence electrons. The topological polar surface area (TPSA) is 70.1 Å². The first-order valence-electron chi connectivity index (χ1n) is 9.22. The van der Waals surface area contributed by atoms with Gasteiger partial charge < -0.3 is 14.7 Å². The smallest absolute Gasteiger partial charge is 0.214 e. The highest BCUT2D eigenvalue weighted by Gasteiger charge is 2.45. The molecule has 1 aliphatic rings. The van der Waals surface area contributed by atoms with Crippen molar-refractivity contribution >= 4 is 22.4 Å². The Morgan fingerprint density at radius 3 is 2.67 bits per heavy atom. The maximum atomic E-state index is 12.6. The standard InChI is InChI=1S/C19H32N2O4S.ClH/c1-5-6-12-26(23,24)21-11-10-19(22,17(15-21)14-20(2)3)16-8-7-9-18(13-16)25-4;/h7-9,13,17,22H,5-6,10-12,14-15H2,1-4H3;1H. The van der Waals surface area contributed by atoms with E-state index in [1.807, 2.05) is 50.2 Å². The minimum absolute atomic E-state index is 0. The second-order valence-corrected chi connectivity index (χ2v) is 9.48. The van der Waals surface area contributed by atoms with Crippen LogP contribution in [0.15, 0.2) is 24.3 Å². The molecule has 0 radical (unpaired) electrons. The van der Waals surface area contributed by atoms with E-state index in [1.165, 1.54) is 0 Å². The van der Waals surface area contributed by atoms with Gasteiger partial charge in [0.15, 0.2) is 0 Å². The first-order chi connectivity index (χ1) is 12.2. The van der Waals surface area contributed by atoms with Gasteiger partial charge in [0.1, 0.15) is 5.75 Å². The van der Waals surface area contributed by atoms with Gasteiger partial charge in [-0.15, -0.1) is 12.4 Å². The maximum absolute atomic E-state index is 12.6. The number of nitrogens with zero attached hydrogens (tertiary/aromatic N) is 2. The fourth-order valence-electron chi connectivity index (χ4n) is 3.62. The zero-order valence-electron chi connectivity index (χ0n) is 16.7. The molecule has 0 amide bonds. The second kappa shape index (κ2) is 10.1. The monoisotopic (exact) mass is 420 g/mol. The van der Waals surface area contributed by atoms with Gasteiger partial charge in [0.2, 0.25) is 10.0 Å². The average Bonchev–Trinajstić information content (AvgIpc) is 2.61. The Hall–Kier alpha value is -0.860. The quantitative estimate of drug-likeness (QED) is 0.698. The molecule has 1 heterocycles. The Balaban J connectivity index is 0.00000364. The summed E-state index contributed by atoms with van der Waals surface area (Å²) in [6.45, 7) is 3.26. The highest BCUT2D eigenvalue weighted by atomic mass is 35.5. The molecular weight excluding hydrogens is 388 g/mol. The first kappa shape index (κ1) is 24.2. The summed E-state index contributed by atoms with van der Waals surface area (Å²) in [5.41, 5.74) is -0.287. The van der Waals surface area contributed by atoms with Crippen LogP contribution in [0.4, 0.5) is 0 Å². The van der Waals surface area contributed by atoms with E-state index in [4.69, 9.17) is 4.74 Å². The summed E-state index contributed by atoms with van der Waals surface area (Å²) in [7, 11) is 2.20. The number of hydrogen-bond donors (Lipinski definition) is 1. The predicted molar refractivity (Wildman–Crippen MR) is 111 cm³/mol. The summed E-state index contributed by atoms with van der Waals surface area (Å²) in [6.07, 6.45) is 1.89. The number of sulfonamides is 1. The third-order valence-electron chi connectivity index (χ3n) is 5.15. The molecule has 1 N–H and O–H groups in total. The first-order valence-corrected chi connectivity index (χ1v) is 10.8. The summed E-state index contributed by atoms with van der Waals surface area (Å²) in [6, 6.07) is 7.46. The molecule has 2 rings (SSSR count). The zero-order valence-corrected chi connectivity index (χ0v) is 18.4. The summed E-state index contributed by atoms with van der Waals surface area (Å²) in [5, 5.41) is 11.5. The van der Waals surface area contributed by atoms with Crippen LogP contribution in [-0.4, -0.2) is 69.3 Å². The van der Waals surface area contributed by atoms with Gasteiger partial charge in [0.25, 0.3) is 0 Å². The highest BCUT2D eigenvalue weighted by molar-refractivity contribution is 7.89. The van der Waals surface area contributed by atoms with Crippen molar-refractivity contribution in [2.24, 2.45) is 5.92 Å². The third kappa shape index (κ3) is 5.81. The Morgan fingerprint density at radius 2 is 2.07 bits per heavy atom. The van der Waals surface area contributed by atoms with Crippen LogP contribution in [0.25, 0.3) is 0 Å². The number of unbranched alkanes of at least 4 members (excludes halogenated alkanes) is 1. The van der Waals surface area contributed by atoms with Crippen LogP contribution in [0.1, 0.15) is 31.7 Å². The second-order valence-electron chi connectivity index (χ2n) is 7.39. The zero-order chi connectivity index (χ0) is 19.4.